The van der Waals surface area contributed by atoms with Gasteiger partial charge in [0.25, 0.3) is 0 Å². The number of methoxy groups -OCH3 is 1. The largest absolute Gasteiger partial charge is 0.508 e. The molecule has 1 heterocycles. The maximum absolute atomic E-state index is 9.12. The second-order valence-electron chi connectivity index (χ2n) is 2.48. The van der Waals surface area contributed by atoms with Gasteiger partial charge in [0.1, 0.15) is 11.5 Å². The molecule has 3 heteroatoms. The second-order valence-corrected chi connectivity index (χ2v) is 2.48. The molecule has 0 atom stereocenters. The first-order valence-corrected chi connectivity index (χ1v) is 3.60. The lowest BCUT2D eigenvalue weighted by Crippen LogP contribution is -2.26. The van der Waals surface area contributed by atoms with Crippen molar-refractivity contribution < 1.29 is 9.84 Å². The first-order valence-electron chi connectivity index (χ1n) is 3.60. The zero-order chi connectivity index (χ0) is 8.27. The number of rotatable bonds is 2. The average molecular weight is 155 g/mol. The first kappa shape index (κ1) is 8.14. The summed E-state index contributed by atoms with van der Waals surface area (Å²) >= 11 is 0. The summed E-state index contributed by atoms with van der Waals surface area (Å²) < 4.78 is 5.06. The Hall–Kier alpha value is -0.960. The van der Waals surface area contributed by atoms with E-state index in [2.05, 4.69) is 11.9 Å². The van der Waals surface area contributed by atoms with E-state index in [1.54, 1.807) is 7.11 Å². The van der Waals surface area contributed by atoms with Gasteiger partial charge in [0.2, 0.25) is 0 Å². The molecular formula is C8H13NO2. The molecule has 0 aromatic heterocycles. The Morgan fingerprint density at radius 3 is 2.91 bits per heavy atom. The molecule has 0 amide bonds. The molecule has 0 saturated heterocycles. The van der Waals surface area contributed by atoms with E-state index in [-0.39, 0.29) is 5.76 Å². The lowest BCUT2D eigenvalue weighted by Gasteiger charge is -2.18. The van der Waals surface area contributed by atoms with Crippen LogP contribution in [0.2, 0.25) is 0 Å². The van der Waals surface area contributed by atoms with Gasteiger partial charge in [-0.25, -0.2) is 0 Å². The van der Waals surface area contributed by atoms with Crippen molar-refractivity contribution in [3.8, 4) is 0 Å². The Labute approximate surface area is 66.4 Å². The Balaban J connectivity index is 2.81. The fourth-order valence-corrected chi connectivity index (χ4v) is 1.16. The number of hydrogen-bond acceptors (Lipinski definition) is 3. The summed E-state index contributed by atoms with van der Waals surface area (Å²) in [7, 11) is 1.60. The van der Waals surface area contributed by atoms with E-state index in [4.69, 9.17) is 9.84 Å². The minimum absolute atomic E-state index is 0.128. The highest BCUT2D eigenvalue weighted by atomic mass is 16.5. The van der Waals surface area contributed by atoms with Crippen molar-refractivity contribution in [1.82, 2.24) is 5.32 Å². The van der Waals surface area contributed by atoms with Gasteiger partial charge < -0.3 is 15.2 Å². The molecule has 0 spiro atoms. The molecule has 1 aliphatic heterocycles. The third-order valence-corrected chi connectivity index (χ3v) is 1.77. The van der Waals surface area contributed by atoms with Crippen LogP contribution in [0, 0.1) is 0 Å². The summed E-state index contributed by atoms with van der Waals surface area (Å²) in [6.07, 6.45) is 0.790. The smallest absolute Gasteiger partial charge is 0.116 e. The summed E-state index contributed by atoms with van der Waals surface area (Å²) in [5.74, 6) is 0.923. The standard InChI is InChI=1S/C8H13NO2/c1-6(10)7-3-4-9-5-8(7)11-2/h9-10H,1,3-5H2,2H3. The summed E-state index contributed by atoms with van der Waals surface area (Å²) in [5, 5.41) is 12.3. The highest BCUT2D eigenvalue weighted by Gasteiger charge is 2.14. The van der Waals surface area contributed by atoms with Crippen LogP contribution in [-0.2, 0) is 4.74 Å². The molecule has 0 saturated carbocycles. The summed E-state index contributed by atoms with van der Waals surface area (Å²) in [6, 6.07) is 0. The van der Waals surface area contributed by atoms with Crippen molar-refractivity contribution in [1.29, 1.82) is 0 Å². The van der Waals surface area contributed by atoms with E-state index in [1.807, 2.05) is 0 Å². The predicted octanol–water partition coefficient (Wildman–Crippen LogP) is 0.952. The molecule has 1 aliphatic rings. The topological polar surface area (TPSA) is 41.5 Å². The molecular weight excluding hydrogens is 142 g/mol. The van der Waals surface area contributed by atoms with Gasteiger partial charge >= 0.3 is 0 Å². The van der Waals surface area contributed by atoms with E-state index < -0.39 is 0 Å². The van der Waals surface area contributed by atoms with Crippen LogP contribution in [0.4, 0.5) is 0 Å². The molecule has 11 heavy (non-hydrogen) atoms. The number of ether oxygens (including phenoxy) is 1. The van der Waals surface area contributed by atoms with Crippen LogP contribution >= 0.6 is 0 Å². The number of hydrogen-bond donors (Lipinski definition) is 2. The van der Waals surface area contributed by atoms with Crippen LogP contribution in [0.5, 0.6) is 0 Å². The molecule has 0 aromatic rings. The molecule has 0 aliphatic carbocycles. The maximum Gasteiger partial charge on any atom is 0.116 e. The molecule has 0 fully saturated rings. The van der Waals surface area contributed by atoms with Crippen LogP contribution in [0.15, 0.2) is 23.7 Å². The van der Waals surface area contributed by atoms with Gasteiger partial charge in [0.05, 0.1) is 13.7 Å². The van der Waals surface area contributed by atoms with Crippen molar-refractivity contribution in [2.75, 3.05) is 20.2 Å². The Kier molecular flexibility index (Phi) is 2.54. The van der Waals surface area contributed by atoms with E-state index >= 15 is 0 Å². The van der Waals surface area contributed by atoms with Gasteiger partial charge in [-0.2, -0.15) is 0 Å². The molecule has 0 aromatic carbocycles. The minimum Gasteiger partial charge on any atom is -0.508 e. The van der Waals surface area contributed by atoms with Gasteiger partial charge in [-0.05, 0) is 13.0 Å². The lowest BCUT2D eigenvalue weighted by atomic mass is 10.1. The summed E-state index contributed by atoms with van der Waals surface area (Å²) in [5.41, 5.74) is 0.839. The summed E-state index contributed by atoms with van der Waals surface area (Å²) in [6.45, 7) is 5.03. The molecule has 62 valence electrons. The Bertz CT molecular complexity index is 196. The number of nitrogens with one attached hydrogen (secondary N) is 1. The fraction of sp³-hybridized carbons (Fsp3) is 0.500. The Morgan fingerprint density at radius 1 is 1.73 bits per heavy atom. The quantitative estimate of drug-likeness (QED) is 0.583. The van der Waals surface area contributed by atoms with Crippen LogP contribution in [0.25, 0.3) is 0 Å². The van der Waals surface area contributed by atoms with Gasteiger partial charge in [-0.1, -0.05) is 6.58 Å². The Morgan fingerprint density at radius 2 is 2.45 bits per heavy atom. The maximum atomic E-state index is 9.12. The zero-order valence-electron chi connectivity index (χ0n) is 6.68. The van der Waals surface area contributed by atoms with Gasteiger partial charge in [0, 0.05) is 5.57 Å². The highest BCUT2D eigenvalue weighted by molar-refractivity contribution is 5.28. The predicted molar refractivity (Wildman–Crippen MR) is 43.3 cm³/mol. The second kappa shape index (κ2) is 3.44. The van der Waals surface area contributed by atoms with Crippen LogP contribution in [0.3, 0.4) is 0 Å². The minimum atomic E-state index is 0.128. The lowest BCUT2D eigenvalue weighted by molar-refractivity contribution is 0.261. The fourth-order valence-electron chi connectivity index (χ4n) is 1.16. The average Bonchev–Trinajstić information content (AvgIpc) is 2.04. The number of allylic oxidation sites excluding steroid dienone is 1. The summed E-state index contributed by atoms with van der Waals surface area (Å²) in [4.78, 5) is 0. The zero-order valence-corrected chi connectivity index (χ0v) is 6.68. The molecule has 0 bridgehead atoms. The van der Waals surface area contributed by atoms with E-state index in [0.29, 0.717) is 6.54 Å². The molecule has 2 N–H and O–H groups in total. The van der Waals surface area contributed by atoms with Crippen LogP contribution in [0.1, 0.15) is 6.42 Å². The number of aliphatic hydroxyl groups excluding tert-OH is 1. The van der Waals surface area contributed by atoms with E-state index in [1.165, 1.54) is 0 Å². The van der Waals surface area contributed by atoms with Crippen molar-refractivity contribution in [2.45, 2.75) is 6.42 Å². The van der Waals surface area contributed by atoms with E-state index in [0.717, 1.165) is 24.3 Å². The van der Waals surface area contributed by atoms with Crippen LogP contribution < -0.4 is 5.32 Å². The SMILES string of the molecule is C=C(O)C1=C(OC)CNCC1. The molecule has 1 rings (SSSR count). The van der Waals surface area contributed by atoms with E-state index in [9.17, 15) is 0 Å². The van der Waals surface area contributed by atoms with Crippen molar-refractivity contribution >= 4 is 0 Å². The van der Waals surface area contributed by atoms with Crippen molar-refractivity contribution in [2.24, 2.45) is 0 Å². The molecule has 3 nitrogen and oxygen atoms in total. The first-order chi connectivity index (χ1) is 5.25. The van der Waals surface area contributed by atoms with Crippen molar-refractivity contribution in [3.05, 3.63) is 23.7 Å². The normalized spacial score (nSPS) is 18.3. The number of aliphatic hydroxyl groups is 1. The van der Waals surface area contributed by atoms with Gasteiger partial charge in [-0.15, -0.1) is 0 Å². The van der Waals surface area contributed by atoms with Gasteiger partial charge in [0.15, 0.2) is 0 Å². The molecule has 0 unspecified atom stereocenters. The molecule has 0 radical (unpaired) electrons. The highest BCUT2D eigenvalue weighted by Crippen LogP contribution is 2.17. The van der Waals surface area contributed by atoms with Gasteiger partial charge in [-0.3, -0.25) is 0 Å². The monoisotopic (exact) mass is 155 g/mol. The van der Waals surface area contributed by atoms with Crippen LogP contribution in [-0.4, -0.2) is 25.3 Å². The van der Waals surface area contributed by atoms with Crippen molar-refractivity contribution in [3.63, 3.8) is 0 Å². The third kappa shape index (κ3) is 1.74. The third-order valence-electron chi connectivity index (χ3n) is 1.77.